The molecule has 5 heteroatoms. The highest BCUT2D eigenvalue weighted by molar-refractivity contribution is 5.78. The van der Waals surface area contributed by atoms with E-state index in [1.165, 1.54) is 21.7 Å². The molecule has 4 rings (SSSR count). The van der Waals surface area contributed by atoms with Crippen molar-refractivity contribution < 1.29 is 4.74 Å². The van der Waals surface area contributed by atoms with Gasteiger partial charge in [-0.2, -0.15) is 5.26 Å². The summed E-state index contributed by atoms with van der Waals surface area (Å²) in [4.78, 5) is 0. The third-order valence-corrected chi connectivity index (χ3v) is 5.32. The molecule has 0 bridgehead atoms. The molecule has 1 unspecified atom stereocenters. The lowest BCUT2D eigenvalue weighted by atomic mass is 9.95. The maximum atomic E-state index is 8.76. The lowest BCUT2D eigenvalue weighted by Gasteiger charge is -2.26. The van der Waals surface area contributed by atoms with Crippen LogP contribution in [0.1, 0.15) is 24.8 Å². The van der Waals surface area contributed by atoms with E-state index in [1.807, 2.05) is 0 Å². The van der Waals surface area contributed by atoms with Gasteiger partial charge in [-0.15, -0.1) is 0 Å². The molecule has 5 nitrogen and oxygen atoms in total. The summed E-state index contributed by atoms with van der Waals surface area (Å²) in [6.07, 6.45) is 13.9. The number of nitrogens with one attached hydrogen (secondary N) is 3. The minimum atomic E-state index is -0.0290. The molecule has 3 N–H and O–H groups in total. The average Bonchev–Trinajstić information content (AvgIpc) is 2.73. The molecule has 27 heavy (non-hydrogen) atoms. The van der Waals surface area contributed by atoms with Crippen LogP contribution in [0.2, 0.25) is 0 Å². The molecule has 0 spiro atoms. The molecule has 1 aliphatic carbocycles. The molecule has 0 saturated carbocycles. The van der Waals surface area contributed by atoms with Crippen LogP contribution in [-0.4, -0.2) is 38.4 Å². The van der Waals surface area contributed by atoms with Crippen LogP contribution in [0.25, 0.3) is 17.8 Å². The maximum Gasteiger partial charge on any atom is 0.134 e. The van der Waals surface area contributed by atoms with Gasteiger partial charge in [-0.3, -0.25) is 0 Å². The average molecular weight is 362 g/mol. The van der Waals surface area contributed by atoms with Crippen LogP contribution >= 0.6 is 0 Å². The fourth-order valence-electron chi connectivity index (χ4n) is 3.91. The van der Waals surface area contributed by atoms with Crippen molar-refractivity contribution >= 4 is 23.5 Å². The summed E-state index contributed by atoms with van der Waals surface area (Å²) in [6.45, 7) is 3.12. The van der Waals surface area contributed by atoms with Crippen LogP contribution < -0.4 is 26.4 Å². The molecule has 1 aromatic rings. The molecular formula is C22H26N4O. The molecule has 0 amide bonds. The van der Waals surface area contributed by atoms with E-state index in [-0.39, 0.29) is 12.7 Å². The first kappa shape index (κ1) is 17.8. The zero-order chi connectivity index (χ0) is 18.5. The summed E-state index contributed by atoms with van der Waals surface area (Å²) in [6, 6.07) is 7.07. The quantitative estimate of drug-likeness (QED) is 0.735. The van der Waals surface area contributed by atoms with Crippen molar-refractivity contribution in [2.45, 2.75) is 31.4 Å². The van der Waals surface area contributed by atoms with Crippen molar-refractivity contribution in [1.29, 1.82) is 5.26 Å². The van der Waals surface area contributed by atoms with Gasteiger partial charge < -0.3 is 20.7 Å². The number of rotatable bonds is 5. The third kappa shape index (κ3) is 4.24. The number of nitrogens with zero attached hydrogens (tertiary/aromatic N) is 1. The minimum absolute atomic E-state index is 0.0290. The van der Waals surface area contributed by atoms with Gasteiger partial charge in [0.15, 0.2) is 0 Å². The lowest BCUT2D eigenvalue weighted by Crippen LogP contribution is -2.40. The lowest BCUT2D eigenvalue weighted by molar-refractivity contribution is 0.114. The summed E-state index contributed by atoms with van der Waals surface area (Å²) in [5.41, 5.74) is 3.54. The zero-order valence-electron chi connectivity index (χ0n) is 15.5. The predicted molar refractivity (Wildman–Crippen MR) is 109 cm³/mol. The van der Waals surface area contributed by atoms with E-state index in [4.69, 9.17) is 10.00 Å². The second-order valence-corrected chi connectivity index (χ2v) is 7.22. The van der Waals surface area contributed by atoms with Gasteiger partial charge in [0.25, 0.3) is 0 Å². The largest absolute Gasteiger partial charge is 0.387 e. The highest BCUT2D eigenvalue weighted by Gasteiger charge is 2.16. The van der Waals surface area contributed by atoms with Gasteiger partial charge in [0.1, 0.15) is 6.61 Å². The number of benzene rings is 1. The Labute approximate surface area is 160 Å². The molecule has 1 fully saturated rings. The second kappa shape index (κ2) is 8.43. The van der Waals surface area contributed by atoms with Crippen LogP contribution in [0, 0.1) is 11.3 Å². The molecule has 1 aromatic carbocycles. The Balaban J connectivity index is 1.67. The first-order valence-corrected chi connectivity index (χ1v) is 9.76. The fraction of sp³-hybridized carbons (Fsp3) is 0.409. The second-order valence-electron chi connectivity index (χ2n) is 7.22. The van der Waals surface area contributed by atoms with Crippen LogP contribution in [-0.2, 0) is 4.74 Å². The number of piperidine rings is 1. The van der Waals surface area contributed by atoms with E-state index in [0.717, 1.165) is 44.5 Å². The van der Waals surface area contributed by atoms with E-state index < -0.39 is 0 Å². The van der Waals surface area contributed by atoms with E-state index in [0.29, 0.717) is 6.04 Å². The summed E-state index contributed by atoms with van der Waals surface area (Å²) in [5.74, 6) is 0. The Bertz CT molecular complexity index is 903. The van der Waals surface area contributed by atoms with Gasteiger partial charge in [-0.1, -0.05) is 18.2 Å². The molecule has 2 heterocycles. The first-order chi connectivity index (χ1) is 13.3. The van der Waals surface area contributed by atoms with Gasteiger partial charge in [-0.05, 0) is 66.9 Å². The topological polar surface area (TPSA) is 69.1 Å². The Morgan fingerprint density at radius 2 is 2.15 bits per heavy atom. The number of hydrogen-bond donors (Lipinski definition) is 3. The van der Waals surface area contributed by atoms with E-state index in [1.54, 1.807) is 0 Å². The van der Waals surface area contributed by atoms with Crippen LogP contribution in [0.3, 0.4) is 0 Å². The molecule has 0 radical (unpaired) electrons. The first-order valence-electron chi connectivity index (χ1n) is 9.76. The zero-order valence-corrected chi connectivity index (χ0v) is 15.5. The fourth-order valence-corrected chi connectivity index (χ4v) is 3.91. The Hall–Kier alpha value is -2.55. The standard InChI is InChI=1S/C22H26N4O/c23-7-11-27-20-3-1-2-16(13-20)18-12-17-4-8-25-15-21(17)22(14-18)26-19-5-9-24-10-6-19/h1-2,4,12-15,19-20,24-26H,3,5-6,8-11H2. The molecule has 3 aliphatic rings. The van der Waals surface area contributed by atoms with Gasteiger partial charge in [-0.25, -0.2) is 0 Å². The van der Waals surface area contributed by atoms with Crippen LogP contribution in [0.15, 0.2) is 30.4 Å². The predicted octanol–water partition coefficient (Wildman–Crippen LogP) is 1.22. The summed E-state index contributed by atoms with van der Waals surface area (Å²) >= 11 is 0. The van der Waals surface area contributed by atoms with Crippen LogP contribution in [0.4, 0.5) is 5.69 Å². The van der Waals surface area contributed by atoms with Gasteiger partial charge in [0.2, 0.25) is 0 Å². The minimum Gasteiger partial charge on any atom is -0.387 e. The normalized spacial score (nSPS) is 21.7. The smallest absolute Gasteiger partial charge is 0.134 e. The number of ether oxygens (including phenoxy) is 1. The van der Waals surface area contributed by atoms with Crippen LogP contribution in [0.5, 0.6) is 0 Å². The van der Waals surface area contributed by atoms with Crippen molar-refractivity contribution in [2.24, 2.45) is 0 Å². The summed E-state index contributed by atoms with van der Waals surface area (Å²) in [7, 11) is 0. The highest BCUT2D eigenvalue weighted by Crippen LogP contribution is 2.24. The Kier molecular flexibility index (Phi) is 5.57. The maximum absolute atomic E-state index is 8.76. The summed E-state index contributed by atoms with van der Waals surface area (Å²) < 4.78 is 5.61. The van der Waals surface area contributed by atoms with Crippen molar-refractivity contribution in [1.82, 2.24) is 10.6 Å². The molecule has 2 aliphatic heterocycles. The van der Waals surface area contributed by atoms with E-state index in [2.05, 4.69) is 64.7 Å². The third-order valence-electron chi connectivity index (χ3n) is 5.32. The molecule has 1 saturated heterocycles. The number of hydrogen-bond acceptors (Lipinski definition) is 5. The van der Waals surface area contributed by atoms with Crippen molar-refractivity contribution in [3.8, 4) is 6.07 Å². The van der Waals surface area contributed by atoms with Gasteiger partial charge in [0, 0.05) is 29.7 Å². The SMILES string of the molecule is N#CCOC1C=C(c2cc(NC3CCNCC3)c3c(c2)=CCNC=3)C=CC1. The highest BCUT2D eigenvalue weighted by atomic mass is 16.5. The number of anilines is 1. The van der Waals surface area contributed by atoms with Crippen molar-refractivity contribution in [2.75, 3.05) is 31.6 Å². The Morgan fingerprint density at radius 1 is 1.26 bits per heavy atom. The monoisotopic (exact) mass is 362 g/mol. The molecule has 0 aromatic heterocycles. The Morgan fingerprint density at radius 3 is 3.00 bits per heavy atom. The van der Waals surface area contributed by atoms with E-state index in [9.17, 15) is 0 Å². The number of allylic oxidation sites excluding steroid dienone is 2. The molecule has 140 valence electrons. The number of nitriles is 1. The van der Waals surface area contributed by atoms with Gasteiger partial charge >= 0.3 is 0 Å². The number of fused-ring (bicyclic) bond motifs is 1. The molecule has 1 atom stereocenters. The van der Waals surface area contributed by atoms with Gasteiger partial charge in [0.05, 0.1) is 12.2 Å². The van der Waals surface area contributed by atoms with E-state index >= 15 is 0 Å². The molecular weight excluding hydrogens is 336 g/mol. The summed E-state index contributed by atoms with van der Waals surface area (Å²) in [5, 5.41) is 21.8. The van der Waals surface area contributed by atoms with Crippen molar-refractivity contribution in [3.63, 3.8) is 0 Å². The van der Waals surface area contributed by atoms with Crippen molar-refractivity contribution in [3.05, 3.63) is 46.4 Å².